The van der Waals surface area contributed by atoms with Gasteiger partial charge in [-0.3, -0.25) is 19.3 Å². The number of rotatable bonds is 8. The van der Waals surface area contributed by atoms with E-state index in [0.29, 0.717) is 24.4 Å². The van der Waals surface area contributed by atoms with Crippen molar-refractivity contribution >= 4 is 55.3 Å². The maximum Gasteiger partial charge on any atom is 0.233 e. The van der Waals surface area contributed by atoms with Crippen LogP contribution < -0.4 is 10.1 Å². The van der Waals surface area contributed by atoms with Crippen LogP contribution in [-0.2, 0) is 14.4 Å². The average molecular weight is 542 g/mol. The van der Waals surface area contributed by atoms with Gasteiger partial charge in [0.1, 0.15) is 5.75 Å². The Bertz CT molecular complexity index is 816. The summed E-state index contributed by atoms with van der Waals surface area (Å²) in [6, 6.07) is 7.26. The highest BCUT2D eigenvalue weighted by Gasteiger charge is 2.66. The van der Waals surface area contributed by atoms with E-state index >= 15 is 0 Å². The summed E-state index contributed by atoms with van der Waals surface area (Å²) < 4.78 is 5.16. The highest BCUT2D eigenvalue weighted by Crippen LogP contribution is 2.60. The Labute approximate surface area is 193 Å². The van der Waals surface area contributed by atoms with Gasteiger partial charge in [0.15, 0.2) is 0 Å². The number of halogens is 2. The molecule has 3 amide bonds. The van der Waals surface area contributed by atoms with E-state index in [2.05, 4.69) is 37.2 Å². The number of imide groups is 1. The first-order valence-electron chi connectivity index (χ1n) is 10.5. The van der Waals surface area contributed by atoms with Gasteiger partial charge in [-0.05, 0) is 43.2 Å². The SMILES string of the molecule is COc1cccc(NC(=O)CCCCCN2C(=O)[C@@H]3[C@@H]4C[C@H]([C@H](Br)[C@@H]4Br)[C@@H]3C2=O)c1. The van der Waals surface area contributed by atoms with E-state index in [0.717, 1.165) is 25.7 Å². The Kier molecular flexibility index (Phi) is 6.53. The Morgan fingerprint density at radius 1 is 1.10 bits per heavy atom. The molecule has 1 saturated heterocycles. The number of unbranched alkanes of at least 4 members (excludes halogenated alkanes) is 2. The highest BCUT2D eigenvalue weighted by molar-refractivity contribution is 9.12. The van der Waals surface area contributed by atoms with E-state index in [9.17, 15) is 14.4 Å². The quantitative estimate of drug-likeness (QED) is 0.307. The predicted molar refractivity (Wildman–Crippen MR) is 121 cm³/mol. The molecule has 6 atom stereocenters. The predicted octanol–water partition coefficient (Wildman–Crippen LogP) is 3.97. The fraction of sp³-hybridized carbons (Fsp3) is 0.591. The molecule has 0 radical (unpaired) electrons. The van der Waals surface area contributed by atoms with Crippen LogP contribution in [0.5, 0.6) is 5.75 Å². The largest absolute Gasteiger partial charge is 0.497 e. The number of nitrogens with zero attached hydrogens (tertiary/aromatic N) is 1. The second kappa shape index (κ2) is 8.99. The molecule has 1 N–H and O–H groups in total. The first-order valence-corrected chi connectivity index (χ1v) is 12.3. The van der Waals surface area contributed by atoms with Crippen LogP contribution in [0.4, 0.5) is 5.69 Å². The van der Waals surface area contributed by atoms with E-state index in [1.807, 2.05) is 18.2 Å². The van der Waals surface area contributed by atoms with Crippen LogP contribution in [0.15, 0.2) is 24.3 Å². The van der Waals surface area contributed by atoms with Crippen LogP contribution in [0.2, 0.25) is 0 Å². The molecular formula is C22H26Br2N2O4. The number of benzene rings is 1. The summed E-state index contributed by atoms with van der Waals surface area (Å²) in [5.41, 5.74) is 0.712. The smallest absolute Gasteiger partial charge is 0.233 e. The van der Waals surface area contributed by atoms with Crippen LogP contribution >= 0.6 is 31.9 Å². The summed E-state index contributed by atoms with van der Waals surface area (Å²) in [6.45, 7) is 0.460. The van der Waals surface area contributed by atoms with Crippen molar-refractivity contribution in [2.45, 2.75) is 41.8 Å². The van der Waals surface area contributed by atoms with E-state index in [4.69, 9.17) is 4.74 Å². The van der Waals surface area contributed by atoms with Crippen LogP contribution in [0, 0.1) is 23.7 Å². The minimum absolute atomic E-state index is 0.0112. The minimum Gasteiger partial charge on any atom is -0.497 e. The maximum absolute atomic E-state index is 12.9. The number of hydrogen-bond donors (Lipinski definition) is 1. The lowest BCUT2D eigenvalue weighted by atomic mass is 9.81. The molecule has 6 nitrogen and oxygen atoms in total. The molecule has 0 aromatic heterocycles. The molecule has 3 fully saturated rings. The third-order valence-corrected chi connectivity index (χ3v) is 9.92. The summed E-state index contributed by atoms with van der Waals surface area (Å²) in [4.78, 5) is 39.9. The van der Waals surface area contributed by atoms with Crippen LogP contribution in [0.1, 0.15) is 32.1 Å². The number of anilines is 1. The van der Waals surface area contributed by atoms with Crippen molar-refractivity contribution in [3.8, 4) is 5.75 Å². The molecule has 1 aliphatic heterocycles. The zero-order valence-corrected chi connectivity index (χ0v) is 20.0. The van der Waals surface area contributed by atoms with Gasteiger partial charge in [-0.2, -0.15) is 0 Å². The van der Waals surface area contributed by atoms with Gasteiger partial charge in [-0.25, -0.2) is 0 Å². The van der Waals surface area contributed by atoms with Gasteiger partial charge in [-0.15, -0.1) is 0 Å². The number of likely N-dealkylation sites (tertiary alicyclic amines) is 1. The Hall–Kier alpha value is -1.41. The van der Waals surface area contributed by atoms with Gasteiger partial charge in [0, 0.05) is 34.4 Å². The lowest BCUT2D eigenvalue weighted by Crippen LogP contribution is -2.37. The fourth-order valence-corrected chi connectivity index (χ4v) is 7.16. The second-order valence-corrected chi connectivity index (χ2v) is 10.5. The van der Waals surface area contributed by atoms with Crippen molar-refractivity contribution in [1.82, 2.24) is 4.90 Å². The van der Waals surface area contributed by atoms with Crippen molar-refractivity contribution in [3.63, 3.8) is 0 Å². The monoisotopic (exact) mass is 540 g/mol. The van der Waals surface area contributed by atoms with Gasteiger partial charge >= 0.3 is 0 Å². The van der Waals surface area contributed by atoms with Gasteiger partial charge in [0.25, 0.3) is 0 Å². The van der Waals surface area contributed by atoms with Crippen molar-refractivity contribution in [2.24, 2.45) is 23.7 Å². The summed E-state index contributed by atoms with van der Waals surface area (Å²) >= 11 is 7.42. The molecule has 1 aromatic carbocycles. The molecule has 4 rings (SSSR count). The van der Waals surface area contributed by atoms with E-state index in [1.165, 1.54) is 4.90 Å². The normalized spacial score (nSPS) is 31.9. The van der Waals surface area contributed by atoms with Gasteiger partial charge in [-0.1, -0.05) is 44.3 Å². The number of amides is 3. The van der Waals surface area contributed by atoms with E-state index in [1.54, 1.807) is 13.2 Å². The van der Waals surface area contributed by atoms with Crippen molar-refractivity contribution in [2.75, 3.05) is 19.0 Å². The Morgan fingerprint density at radius 3 is 2.40 bits per heavy atom. The number of nitrogens with one attached hydrogen (secondary N) is 1. The zero-order valence-electron chi connectivity index (χ0n) is 16.9. The molecule has 1 aromatic rings. The summed E-state index contributed by atoms with van der Waals surface area (Å²) in [5, 5.41) is 2.87. The first kappa shape index (κ1) is 21.8. The lowest BCUT2D eigenvalue weighted by Gasteiger charge is -2.28. The van der Waals surface area contributed by atoms with E-state index < -0.39 is 0 Å². The molecule has 8 heteroatoms. The number of fused-ring (bicyclic) bond motifs is 5. The third kappa shape index (κ3) is 3.93. The van der Waals surface area contributed by atoms with Gasteiger partial charge in [0.2, 0.25) is 17.7 Å². The lowest BCUT2D eigenvalue weighted by molar-refractivity contribution is -0.140. The number of alkyl halides is 2. The molecule has 1 heterocycles. The minimum atomic E-state index is -0.144. The second-order valence-electron chi connectivity index (χ2n) is 8.42. The average Bonchev–Trinajstić information content (AvgIpc) is 3.34. The Morgan fingerprint density at radius 2 is 1.77 bits per heavy atom. The molecule has 0 unspecified atom stereocenters. The van der Waals surface area contributed by atoms with Crippen LogP contribution in [-0.4, -0.2) is 45.9 Å². The third-order valence-electron chi connectivity index (χ3n) is 6.72. The molecular weight excluding hydrogens is 516 g/mol. The molecule has 2 saturated carbocycles. The van der Waals surface area contributed by atoms with E-state index in [-0.39, 0.29) is 51.0 Å². The number of carbonyl (C=O) groups excluding carboxylic acids is 3. The molecule has 2 aliphatic carbocycles. The van der Waals surface area contributed by atoms with Gasteiger partial charge in [0.05, 0.1) is 18.9 Å². The fourth-order valence-electron chi connectivity index (χ4n) is 5.29. The van der Waals surface area contributed by atoms with Gasteiger partial charge < -0.3 is 10.1 Å². The molecule has 2 bridgehead atoms. The Balaban J connectivity index is 1.20. The van der Waals surface area contributed by atoms with Crippen LogP contribution in [0.25, 0.3) is 0 Å². The topological polar surface area (TPSA) is 75.7 Å². The van der Waals surface area contributed by atoms with Crippen molar-refractivity contribution < 1.29 is 19.1 Å². The zero-order chi connectivity index (χ0) is 21.4. The summed E-state index contributed by atoms with van der Waals surface area (Å²) in [6.07, 6.45) is 3.61. The molecule has 162 valence electrons. The highest BCUT2D eigenvalue weighted by atomic mass is 79.9. The van der Waals surface area contributed by atoms with Crippen molar-refractivity contribution in [3.05, 3.63) is 24.3 Å². The first-order chi connectivity index (χ1) is 14.4. The number of methoxy groups -OCH3 is 1. The standard InChI is InChI=1S/C22H26Br2N2O4/c1-30-13-7-5-6-12(10-13)25-16(27)8-3-2-4-9-26-21(28)17-14-11-15(18(17)22(26)29)20(24)19(14)23/h5-7,10,14-15,17-20H,2-4,8-9,11H2,1H3,(H,25,27)/t14-,15-,17-,18+,19-,20+/m0/s1. The maximum atomic E-state index is 12.9. The molecule has 30 heavy (non-hydrogen) atoms. The molecule has 3 aliphatic rings. The summed E-state index contributed by atoms with van der Waals surface area (Å²) in [7, 11) is 1.59. The molecule has 0 spiro atoms. The number of hydrogen-bond acceptors (Lipinski definition) is 4. The van der Waals surface area contributed by atoms with Crippen molar-refractivity contribution in [1.29, 1.82) is 0 Å². The summed E-state index contributed by atoms with van der Waals surface area (Å²) in [5.74, 6) is 0.896. The number of ether oxygens (including phenoxy) is 1. The van der Waals surface area contributed by atoms with Crippen LogP contribution in [0.3, 0.4) is 0 Å². The number of carbonyl (C=O) groups is 3.